The fraction of sp³-hybridized carbons (Fsp3) is 0. The average Bonchev–Trinajstić information content (AvgIpc) is 2.93. The van der Waals surface area contributed by atoms with Crippen LogP contribution in [0.25, 0.3) is 0 Å². The molecule has 0 radical (unpaired) electrons. The van der Waals surface area contributed by atoms with Crippen LogP contribution in [0.2, 0.25) is 10.0 Å². The van der Waals surface area contributed by atoms with Gasteiger partial charge in [-0.15, -0.1) is 0 Å². The lowest BCUT2D eigenvalue weighted by Crippen LogP contribution is -2.03. The number of fused-ring (bicyclic) bond motifs is 1. The molecule has 0 aliphatic carbocycles. The quantitative estimate of drug-likeness (QED) is 0.731. The highest BCUT2D eigenvalue weighted by atomic mass is 35.5. The number of hydrogen-bond donors (Lipinski definition) is 2. The van der Waals surface area contributed by atoms with E-state index in [1.54, 1.807) is 6.07 Å². The summed E-state index contributed by atoms with van der Waals surface area (Å²) in [6, 6.07) is 3.08. The third-order valence-electron chi connectivity index (χ3n) is 2.75. The summed E-state index contributed by atoms with van der Waals surface area (Å²) < 4.78 is 8.24. The van der Waals surface area contributed by atoms with Gasteiger partial charge in [-0.2, -0.15) is 8.73 Å². The molecule has 0 spiro atoms. The molecule has 21 heavy (non-hydrogen) atoms. The maximum absolute atomic E-state index is 11.2. The van der Waals surface area contributed by atoms with Crippen molar-refractivity contribution in [2.24, 2.45) is 8.73 Å². The van der Waals surface area contributed by atoms with Crippen LogP contribution < -0.4 is 5.32 Å². The van der Waals surface area contributed by atoms with E-state index in [0.29, 0.717) is 32.8 Å². The lowest BCUT2D eigenvalue weighted by Gasteiger charge is -2.13. The van der Waals surface area contributed by atoms with Gasteiger partial charge in [-0.05, 0) is 12.1 Å². The number of aromatic carboxylic acids is 1. The van der Waals surface area contributed by atoms with Gasteiger partial charge in [-0.25, -0.2) is 4.79 Å². The molecular formula is C12H6Cl2N4O2S. The number of carboxylic acids is 1. The number of nitrogens with one attached hydrogen (secondary N) is 1. The number of carboxylic acid groups (broad SMARTS) is 1. The number of aromatic nitrogens is 1. The van der Waals surface area contributed by atoms with E-state index in [2.05, 4.69) is 19.0 Å². The van der Waals surface area contributed by atoms with Crippen LogP contribution in [-0.2, 0) is 11.4 Å². The largest absolute Gasteiger partial charge is 0.478 e. The molecule has 6 nitrogen and oxygen atoms in total. The number of halogens is 2. The Morgan fingerprint density at radius 1 is 1.24 bits per heavy atom. The summed E-state index contributed by atoms with van der Waals surface area (Å²) in [6.45, 7) is 0. The summed E-state index contributed by atoms with van der Waals surface area (Å²) in [4.78, 5) is 15.0. The SMILES string of the molecule is O=C(O)c1cnccc1Nc1c(Cl)cc(Cl)c2c1N=S=N2. The predicted molar refractivity (Wildman–Crippen MR) is 82.5 cm³/mol. The maximum Gasteiger partial charge on any atom is 0.339 e. The zero-order valence-electron chi connectivity index (χ0n) is 10.2. The Hall–Kier alpha value is -1.96. The van der Waals surface area contributed by atoms with E-state index in [9.17, 15) is 9.90 Å². The van der Waals surface area contributed by atoms with E-state index < -0.39 is 5.97 Å². The Bertz CT molecular complexity index is 834. The molecule has 0 fully saturated rings. The minimum atomic E-state index is -1.09. The molecule has 1 aromatic heterocycles. The van der Waals surface area contributed by atoms with Crippen LogP contribution in [0.1, 0.15) is 10.4 Å². The van der Waals surface area contributed by atoms with Gasteiger partial charge in [0.05, 0.1) is 32.8 Å². The van der Waals surface area contributed by atoms with Gasteiger partial charge in [-0.3, -0.25) is 4.98 Å². The predicted octanol–water partition coefficient (Wildman–Crippen LogP) is 4.56. The maximum atomic E-state index is 11.2. The molecule has 1 aliphatic heterocycles. The first-order chi connectivity index (χ1) is 10.1. The van der Waals surface area contributed by atoms with Gasteiger partial charge in [0.2, 0.25) is 0 Å². The zero-order valence-corrected chi connectivity index (χ0v) is 12.5. The van der Waals surface area contributed by atoms with Crippen LogP contribution in [0.5, 0.6) is 0 Å². The molecule has 1 aromatic carbocycles. The van der Waals surface area contributed by atoms with Gasteiger partial charge in [0.25, 0.3) is 0 Å². The molecule has 0 amide bonds. The fourth-order valence-corrected chi connectivity index (χ4v) is 2.96. The second kappa shape index (κ2) is 5.44. The molecule has 0 bridgehead atoms. The molecule has 2 N–H and O–H groups in total. The van der Waals surface area contributed by atoms with Gasteiger partial charge in [0.1, 0.15) is 16.9 Å². The highest BCUT2D eigenvalue weighted by Gasteiger charge is 2.20. The third kappa shape index (κ3) is 2.51. The first kappa shape index (κ1) is 14.0. The molecule has 0 saturated carbocycles. The Morgan fingerprint density at radius 3 is 2.76 bits per heavy atom. The van der Waals surface area contributed by atoms with E-state index >= 15 is 0 Å². The van der Waals surface area contributed by atoms with Crippen LogP contribution in [0.3, 0.4) is 0 Å². The lowest BCUT2D eigenvalue weighted by atomic mass is 10.2. The second-order valence-corrected chi connectivity index (χ2v) is 5.37. The number of pyridine rings is 1. The monoisotopic (exact) mass is 340 g/mol. The first-order valence-corrected chi connectivity index (χ1v) is 7.11. The van der Waals surface area contributed by atoms with E-state index in [-0.39, 0.29) is 5.56 Å². The third-order valence-corrected chi connectivity index (χ3v) is 3.87. The van der Waals surface area contributed by atoms with Crippen LogP contribution in [0, 0.1) is 0 Å². The van der Waals surface area contributed by atoms with Crippen molar-refractivity contribution in [2.45, 2.75) is 0 Å². The summed E-state index contributed by atoms with van der Waals surface area (Å²) in [5.74, 6) is -1.09. The van der Waals surface area contributed by atoms with Crippen molar-refractivity contribution in [1.29, 1.82) is 0 Å². The van der Waals surface area contributed by atoms with E-state index in [4.69, 9.17) is 23.2 Å². The summed E-state index contributed by atoms with van der Waals surface area (Å²) in [7, 11) is 0. The van der Waals surface area contributed by atoms with Crippen LogP contribution in [0.4, 0.5) is 22.7 Å². The van der Waals surface area contributed by atoms with Crippen molar-refractivity contribution in [2.75, 3.05) is 5.32 Å². The number of nitrogens with zero attached hydrogens (tertiary/aromatic N) is 3. The zero-order chi connectivity index (χ0) is 15.0. The number of rotatable bonds is 3. The van der Waals surface area contributed by atoms with Crippen molar-refractivity contribution >= 4 is 63.3 Å². The van der Waals surface area contributed by atoms with Crippen molar-refractivity contribution in [3.8, 4) is 0 Å². The number of hydrogen-bond acceptors (Lipinski definition) is 5. The van der Waals surface area contributed by atoms with E-state index in [1.807, 2.05) is 0 Å². The van der Waals surface area contributed by atoms with E-state index in [1.165, 1.54) is 18.5 Å². The summed E-state index contributed by atoms with van der Waals surface area (Å²) in [5.41, 5.74) is 1.85. The number of carbonyl (C=O) groups is 1. The fourth-order valence-electron chi connectivity index (χ4n) is 1.80. The topological polar surface area (TPSA) is 86.9 Å². The van der Waals surface area contributed by atoms with Crippen LogP contribution in [-0.4, -0.2) is 16.1 Å². The summed E-state index contributed by atoms with van der Waals surface area (Å²) in [6.07, 6.45) is 2.74. The molecule has 1 aliphatic rings. The molecular weight excluding hydrogens is 335 g/mol. The first-order valence-electron chi connectivity index (χ1n) is 5.62. The standard InChI is InChI=1S/C12H6Cl2N4O2S/c13-6-3-7(14)10-11(18-21-17-10)9(6)16-8-1-2-15-4-5(8)12(19)20/h1-4H,(H,15,16)(H,19,20). The summed E-state index contributed by atoms with van der Waals surface area (Å²) >= 11 is 13.2. The van der Waals surface area contributed by atoms with Gasteiger partial charge in [0.15, 0.2) is 0 Å². The molecule has 2 heterocycles. The normalized spacial score (nSPS) is 11.9. The molecule has 3 rings (SSSR count). The van der Waals surface area contributed by atoms with Crippen molar-refractivity contribution in [3.05, 3.63) is 40.1 Å². The Balaban J connectivity index is 2.11. The number of benzene rings is 1. The molecule has 0 unspecified atom stereocenters. The van der Waals surface area contributed by atoms with Gasteiger partial charge in [0, 0.05) is 12.4 Å². The van der Waals surface area contributed by atoms with Crippen molar-refractivity contribution in [1.82, 2.24) is 4.98 Å². The van der Waals surface area contributed by atoms with Gasteiger partial charge >= 0.3 is 5.97 Å². The summed E-state index contributed by atoms with van der Waals surface area (Å²) in [5, 5.41) is 12.9. The van der Waals surface area contributed by atoms with Crippen LogP contribution in [0.15, 0.2) is 33.3 Å². The average molecular weight is 341 g/mol. The second-order valence-electron chi connectivity index (χ2n) is 4.03. The van der Waals surface area contributed by atoms with Gasteiger partial charge in [-0.1, -0.05) is 23.2 Å². The van der Waals surface area contributed by atoms with Crippen LogP contribution >= 0.6 is 23.2 Å². The highest BCUT2D eigenvalue weighted by molar-refractivity contribution is 7.58. The minimum Gasteiger partial charge on any atom is -0.478 e. The molecule has 106 valence electrons. The molecule has 9 heteroatoms. The highest BCUT2D eigenvalue weighted by Crippen LogP contribution is 2.48. The minimum absolute atomic E-state index is 0.0276. The lowest BCUT2D eigenvalue weighted by molar-refractivity contribution is 0.0697. The van der Waals surface area contributed by atoms with E-state index in [0.717, 1.165) is 11.4 Å². The molecule has 0 saturated heterocycles. The number of anilines is 2. The Labute approximate surface area is 132 Å². The Morgan fingerprint density at radius 2 is 2.00 bits per heavy atom. The van der Waals surface area contributed by atoms with Gasteiger partial charge < -0.3 is 10.4 Å². The smallest absolute Gasteiger partial charge is 0.339 e. The Kier molecular flexibility index (Phi) is 3.62. The molecule has 0 atom stereocenters. The van der Waals surface area contributed by atoms with Crippen molar-refractivity contribution in [3.63, 3.8) is 0 Å². The van der Waals surface area contributed by atoms with Crippen molar-refractivity contribution < 1.29 is 9.90 Å². The molecule has 2 aromatic rings.